The second-order valence-corrected chi connectivity index (χ2v) is 7.17. The Morgan fingerprint density at radius 1 is 1.23 bits per heavy atom. The minimum atomic E-state index is -0.303. The number of aromatic amines is 1. The SMILES string of the molecule is CCOC(=O)c1c(C)[nH]c(-c2nc(-c3ccccc3OC)sc2C)c1C. The van der Waals surface area contributed by atoms with E-state index in [1.54, 1.807) is 25.4 Å². The Morgan fingerprint density at radius 2 is 1.96 bits per heavy atom. The van der Waals surface area contributed by atoms with E-state index in [-0.39, 0.29) is 5.97 Å². The number of nitrogens with one attached hydrogen (secondary N) is 1. The molecular weight excluding hydrogens is 348 g/mol. The molecule has 0 aliphatic heterocycles. The number of aromatic nitrogens is 2. The molecule has 1 N–H and O–H groups in total. The normalized spacial score (nSPS) is 10.8. The van der Waals surface area contributed by atoms with Gasteiger partial charge in [0, 0.05) is 10.6 Å². The summed E-state index contributed by atoms with van der Waals surface area (Å²) >= 11 is 1.61. The Kier molecular flexibility index (Phi) is 5.13. The maximum absolute atomic E-state index is 12.2. The van der Waals surface area contributed by atoms with Crippen LogP contribution in [0.25, 0.3) is 22.0 Å². The number of nitrogens with zero attached hydrogens (tertiary/aromatic N) is 1. The molecule has 0 atom stereocenters. The van der Waals surface area contributed by atoms with Crippen LogP contribution in [0.3, 0.4) is 0 Å². The largest absolute Gasteiger partial charge is 0.496 e. The number of carbonyl (C=O) groups excluding carboxylic acids is 1. The number of hydrogen-bond acceptors (Lipinski definition) is 5. The van der Waals surface area contributed by atoms with E-state index in [1.165, 1.54) is 0 Å². The number of rotatable bonds is 5. The number of carbonyl (C=O) groups is 1. The molecule has 2 heterocycles. The van der Waals surface area contributed by atoms with E-state index in [0.29, 0.717) is 12.2 Å². The molecule has 0 amide bonds. The van der Waals surface area contributed by atoms with Gasteiger partial charge in [0.25, 0.3) is 0 Å². The highest BCUT2D eigenvalue weighted by atomic mass is 32.1. The van der Waals surface area contributed by atoms with Crippen LogP contribution in [0.15, 0.2) is 24.3 Å². The van der Waals surface area contributed by atoms with E-state index in [1.807, 2.05) is 45.0 Å². The zero-order valence-corrected chi connectivity index (χ0v) is 16.4. The summed E-state index contributed by atoms with van der Waals surface area (Å²) in [6.07, 6.45) is 0. The lowest BCUT2D eigenvalue weighted by atomic mass is 10.1. The van der Waals surface area contributed by atoms with Gasteiger partial charge in [-0.25, -0.2) is 9.78 Å². The molecule has 0 saturated carbocycles. The number of benzene rings is 1. The van der Waals surface area contributed by atoms with Crippen LogP contribution in [-0.4, -0.2) is 29.7 Å². The van der Waals surface area contributed by atoms with Crippen LogP contribution in [-0.2, 0) is 4.74 Å². The zero-order valence-electron chi connectivity index (χ0n) is 15.6. The van der Waals surface area contributed by atoms with Crippen molar-refractivity contribution in [1.29, 1.82) is 0 Å². The van der Waals surface area contributed by atoms with Gasteiger partial charge in [0.15, 0.2) is 0 Å². The van der Waals surface area contributed by atoms with Crippen molar-refractivity contribution in [3.05, 3.63) is 46.0 Å². The predicted octanol–water partition coefficient (Wildman–Crippen LogP) is 4.92. The molecule has 0 aliphatic rings. The molecule has 0 radical (unpaired) electrons. The summed E-state index contributed by atoms with van der Waals surface area (Å²) in [6.45, 7) is 8.00. The van der Waals surface area contributed by atoms with Crippen LogP contribution < -0.4 is 4.74 Å². The molecule has 3 rings (SSSR count). The van der Waals surface area contributed by atoms with E-state index in [4.69, 9.17) is 14.5 Å². The number of esters is 1. The monoisotopic (exact) mass is 370 g/mol. The molecule has 0 spiro atoms. The highest BCUT2D eigenvalue weighted by Gasteiger charge is 2.23. The molecule has 0 fully saturated rings. The van der Waals surface area contributed by atoms with Crippen LogP contribution in [0.1, 0.15) is 33.4 Å². The second kappa shape index (κ2) is 7.33. The van der Waals surface area contributed by atoms with Gasteiger partial charge in [0.05, 0.1) is 30.5 Å². The van der Waals surface area contributed by atoms with Gasteiger partial charge in [-0.3, -0.25) is 0 Å². The standard InChI is InChI=1S/C20H22N2O3S/c1-6-25-20(23)16-11(2)17(21-12(16)3)18-13(4)26-19(22-18)14-9-7-8-10-15(14)24-5/h7-10,21H,6H2,1-5H3. The summed E-state index contributed by atoms with van der Waals surface area (Å²) in [6, 6.07) is 7.83. The molecule has 1 aromatic carbocycles. The Bertz CT molecular complexity index is 956. The molecule has 0 bridgehead atoms. The first-order valence-electron chi connectivity index (χ1n) is 8.45. The van der Waals surface area contributed by atoms with Crippen LogP contribution in [0, 0.1) is 20.8 Å². The van der Waals surface area contributed by atoms with Crippen molar-refractivity contribution in [2.24, 2.45) is 0 Å². The summed E-state index contributed by atoms with van der Waals surface area (Å²) < 4.78 is 10.6. The van der Waals surface area contributed by atoms with Crippen LogP contribution >= 0.6 is 11.3 Å². The van der Waals surface area contributed by atoms with Crippen LogP contribution in [0.4, 0.5) is 0 Å². The van der Waals surface area contributed by atoms with Crippen molar-refractivity contribution in [2.75, 3.05) is 13.7 Å². The van der Waals surface area contributed by atoms with Crippen molar-refractivity contribution < 1.29 is 14.3 Å². The number of hydrogen-bond donors (Lipinski definition) is 1. The van der Waals surface area contributed by atoms with Gasteiger partial charge in [0.2, 0.25) is 0 Å². The Labute approximate surface area is 157 Å². The number of para-hydroxylation sites is 1. The van der Waals surface area contributed by atoms with Crippen LogP contribution in [0.5, 0.6) is 5.75 Å². The Hall–Kier alpha value is -2.60. The molecule has 0 unspecified atom stereocenters. The van der Waals surface area contributed by atoms with Crippen molar-refractivity contribution in [3.8, 4) is 27.7 Å². The van der Waals surface area contributed by atoms with Crippen molar-refractivity contribution in [1.82, 2.24) is 9.97 Å². The quantitative estimate of drug-likeness (QED) is 0.648. The molecular formula is C20H22N2O3S. The highest BCUT2D eigenvalue weighted by molar-refractivity contribution is 7.15. The molecule has 0 aliphatic carbocycles. The number of H-pyrrole nitrogens is 1. The van der Waals surface area contributed by atoms with Crippen molar-refractivity contribution >= 4 is 17.3 Å². The third kappa shape index (κ3) is 3.12. The number of thiazole rings is 1. The molecule has 2 aromatic heterocycles. The van der Waals surface area contributed by atoms with Crippen LogP contribution in [0.2, 0.25) is 0 Å². The highest BCUT2D eigenvalue weighted by Crippen LogP contribution is 2.38. The molecule has 136 valence electrons. The lowest BCUT2D eigenvalue weighted by Gasteiger charge is -2.04. The fourth-order valence-corrected chi connectivity index (χ4v) is 4.01. The average molecular weight is 370 g/mol. The smallest absolute Gasteiger partial charge is 0.340 e. The fraction of sp³-hybridized carbons (Fsp3) is 0.300. The third-order valence-corrected chi connectivity index (χ3v) is 5.29. The number of ether oxygens (including phenoxy) is 2. The van der Waals surface area contributed by atoms with Gasteiger partial charge in [-0.05, 0) is 45.4 Å². The maximum atomic E-state index is 12.2. The summed E-state index contributed by atoms with van der Waals surface area (Å²) in [5, 5.41) is 0.888. The molecule has 0 saturated heterocycles. The van der Waals surface area contributed by atoms with Gasteiger partial charge in [-0.15, -0.1) is 11.3 Å². The lowest BCUT2D eigenvalue weighted by Crippen LogP contribution is -2.06. The minimum Gasteiger partial charge on any atom is -0.496 e. The van der Waals surface area contributed by atoms with Gasteiger partial charge in [-0.1, -0.05) is 12.1 Å². The predicted molar refractivity (Wildman–Crippen MR) is 104 cm³/mol. The summed E-state index contributed by atoms with van der Waals surface area (Å²) in [7, 11) is 1.66. The summed E-state index contributed by atoms with van der Waals surface area (Å²) in [5.41, 5.74) is 4.92. The summed E-state index contributed by atoms with van der Waals surface area (Å²) in [5.74, 6) is 0.488. The van der Waals surface area contributed by atoms with E-state index < -0.39 is 0 Å². The van der Waals surface area contributed by atoms with E-state index >= 15 is 0 Å². The van der Waals surface area contributed by atoms with Gasteiger partial charge in [-0.2, -0.15) is 0 Å². The van der Waals surface area contributed by atoms with Gasteiger partial charge < -0.3 is 14.5 Å². The number of methoxy groups -OCH3 is 1. The minimum absolute atomic E-state index is 0.303. The Morgan fingerprint density at radius 3 is 2.65 bits per heavy atom. The molecule has 26 heavy (non-hydrogen) atoms. The van der Waals surface area contributed by atoms with E-state index in [9.17, 15) is 4.79 Å². The average Bonchev–Trinajstić information content (AvgIpc) is 3.14. The van der Waals surface area contributed by atoms with Gasteiger partial charge >= 0.3 is 5.97 Å². The molecule has 6 heteroatoms. The summed E-state index contributed by atoms with van der Waals surface area (Å²) in [4.78, 5) is 21.5. The first-order chi connectivity index (χ1) is 12.5. The van der Waals surface area contributed by atoms with E-state index in [0.717, 1.165) is 43.8 Å². The lowest BCUT2D eigenvalue weighted by molar-refractivity contribution is 0.0525. The zero-order chi connectivity index (χ0) is 18.8. The van der Waals surface area contributed by atoms with E-state index in [2.05, 4.69) is 4.98 Å². The van der Waals surface area contributed by atoms with Gasteiger partial charge in [0.1, 0.15) is 16.5 Å². The third-order valence-electron chi connectivity index (χ3n) is 4.29. The molecule has 3 aromatic rings. The Balaban J connectivity index is 2.08. The fourth-order valence-electron chi connectivity index (χ4n) is 3.06. The first-order valence-corrected chi connectivity index (χ1v) is 9.27. The first kappa shape index (κ1) is 18.2. The number of aryl methyl sites for hydroxylation is 2. The molecule has 5 nitrogen and oxygen atoms in total. The maximum Gasteiger partial charge on any atom is 0.340 e. The topological polar surface area (TPSA) is 64.2 Å². The van der Waals surface area contributed by atoms with Crippen molar-refractivity contribution in [3.63, 3.8) is 0 Å². The second-order valence-electron chi connectivity index (χ2n) is 5.97. The van der Waals surface area contributed by atoms with Crippen molar-refractivity contribution in [2.45, 2.75) is 27.7 Å².